The third-order valence-electron chi connectivity index (χ3n) is 4.73. The van der Waals surface area contributed by atoms with Gasteiger partial charge in [0.05, 0.1) is 0 Å². The van der Waals surface area contributed by atoms with Gasteiger partial charge in [-0.05, 0) is 61.1 Å². The molecule has 0 spiro atoms. The molecule has 4 unspecified atom stereocenters. The summed E-state index contributed by atoms with van der Waals surface area (Å²) in [6.45, 7) is 0. The third kappa shape index (κ3) is 2.22. The second-order valence-corrected chi connectivity index (χ2v) is 5.67. The Morgan fingerprint density at radius 2 is 2.12 bits per heavy atom. The molecule has 2 saturated carbocycles. The van der Waals surface area contributed by atoms with Gasteiger partial charge in [-0.1, -0.05) is 6.42 Å². The highest BCUT2D eigenvalue weighted by Crippen LogP contribution is 2.50. The first-order valence-electron chi connectivity index (χ1n) is 6.73. The van der Waals surface area contributed by atoms with Crippen LogP contribution in [0, 0.1) is 17.8 Å². The van der Waals surface area contributed by atoms with E-state index in [1.54, 1.807) is 0 Å². The predicted octanol–water partition coefficient (Wildman–Crippen LogP) is 2.41. The molecule has 1 aromatic heterocycles. The number of nitrogens with zero attached hydrogens (tertiary/aromatic N) is 1. The largest absolute Gasteiger partial charge is 0.271 e. The van der Waals surface area contributed by atoms with Gasteiger partial charge in [0.15, 0.2) is 0 Å². The second-order valence-electron chi connectivity index (χ2n) is 5.67. The van der Waals surface area contributed by atoms with E-state index in [2.05, 4.69) is 22.5 Å². The van der Waals surface area contributed by atoms with E-state index in [1.165, 1.54) is 37.7 Å². The molecule has 2 fully saturated rings. The van der Waals surface area contributed by atoms with Gasteiger partial charge in [-0.25, -0.2) is 0 Å². The van der Waals surface area contributed by atoms with Crippen LogP contribution in [0.2, 0.25) is 0 Å². The van der Waals surface area contributed by atoms with Crippen molar-refractivity contribution in [3.8, 4) is 0 Å². The van der Waals surface area contributed by atoms with Gasteiger partial charge in [-0.2, -0.15) is 0 Å². The van der Waals surface area contributed by atoms with Gasteiger partial charge in [0.25, 0.3) is 0 Å². The SMILES string of the molecule is NNC(CC1CC2CCC1C2)c1ccncc1. The highest BCUT2D eigenvalue weighted by atomic mass is 15.2. The van der Waals surface area contributed by atoms with Crippen molar-refractivity contribution in [1.82, 2.24) is 10.4 Å². The van der Waals surface area contributed by atoms with Gasteiger partial charge in [-0.3, -0.25) is 16.3 Å². The van der Waals surface area contributed by atoms with Crippen molar-refractivity contribution in [2.24, 2.45) is 23.6 Å². The number of hydrazine groups is 1. The van der Waals surface area contributed by atoms with E-state index >= 15 is 0 Å². The lowest BCUT2D eigenvalue weighted by atomic mass is 9.83. The summed E-state index contributed by atoms with van der Waals surface area (Å²) in [5.41, 5.74) is 4.25. The average molecular weight is 231 g/mol. The molecule has 92 valence electrons. The summed E-state index contributed by atoms with van der Waals surface area (Å²) in [6, 6.07) is 4.43. The fourth-order valence-corrected chi connectivity index (χ4v) is 3.86. The van der Waals surface area contributed by atoms with Crippen LogP contribution < -0.4 is 11.3 Å². The molecule has 2 aliphatic rings. The molecule has 3 nitrogen and oxygen atoms in total. The minimum Gasteiger partial charge on any atom is -0.271 e. The van der Waals surface area contributed by atoms with Gasteiger partial charge in [0.1, 0.15) is 0 Å². The van der Waals surface area contributed by atoms with Crippen LogP contribution in [0.3, 0.4) is 0 Å². The molecule has 0 saturated heterocycles. The molecule has 17 heavy (non-hydrogen) atoms. The zero-order valence-corrected chi connectivity index (χ0v) is 10.2. The van der Waals surface area contributed by atoms with Crippen LogP contribution in [0.15, 0.2) is 24.5 Å². The molecular weight excluding hydrogens is 210 g/mol. The lowest BCUT2D eigenvalue weighted by Crippen LogP contribution is -2.30. The van der Waals surface area contributed by atoms with Crippen molar-refractivity contribution in [2.75, 3.05) is 0 Å². The number of nitrogens with one attached hydrogen (secondary N) is 1. The molecule has 2 bridgehead atoms. The molecule has 2 aliphatic carbocycles. The number of hydrogen-bond acceptors (Lipinski definition) is 3. The standard InChI is InChI=1S/C14H21N3/c15-17-14(11-3-5-16-6-4-11)9-13-8-10-1-2-12(13)7-10/h3-6,10,12-14,17H,1-2,7-9,15H2. The van der Waals surface area contributed by atoms with Crippen LogP contribution in [0.5, 0.6) is 0 Å². The van der Waals surface area contributed by atoms with Crippen LogP contribution >= 0.6 is 0 Å². The smallest absolute Gasteiger partial charge is 0.0463 e. The van der Waals surface area contributed by atoms with Crippen molar-refractivity contribution >= 4 is 0 Å². The molecule has 3 heteroatoms. The first-order chi connectivity index (χ1) is 8.36. The fourth-order valence-electron chi connectivity index (χ4n) is 3.86. The van der Waals surface area contributed by atoms with E-state index in [9.17, 15) is 0 Å². The average Bonchev–Trinajstić information content (AvgIpc) is 2.99. The lowest BCUT2D eigenvalue weighted by Gasteiger charge is -2.26. The maximum Gasteiger partial charge on any atom is 0.0463 e. The molecule has 1 aromatic rings. The van der Waals surface area contributed by atoms with Gasteiger partial charge < -0.3 is 0 Å². The molecule has 0 amide bonds. The number of fused-ring (bicyclic) bond motifs is 2. The summed E-state index contributed by atoms with van der Waals surface area (Å²) < 4.78 is 0. The Morgan fingerprint density at radius 1 is 1.29 bits per heavy atom. The Balaban J connectivity index is 1.67. The summed E-state index contributed by atoms with van der Waals surface area (Å²) in [5.74, 6) is 8.57. The number of rotatable bonds is 4. The van der Waals surface area contributed by atoms with Crippen molar-refractivity contribution in [3.63, 3.8) is 0 Å². The van der Waals surface area contributed by atoms with E-state index in [0.29, 0.717) is 6.04 Å². The first kappa shape index (κ1) is 11.2. The number of hydrogen-bond donors (Lipinski definition) is 2. The molecule has 0 aliphatic heterocycles. The summed E-state index contributed by atoms with van der Waals surface area (Å²) in [5, 5.41) is 0. The van der Waals surface area contributed by atoms with Crippen LogP contribution in [0.4, 0.5) is 0 Å². The van der Waals surface area contributed by atoms with Gasteiger partial charge in [-0.15, -0.1) is 0 Å². The quantitative estimate of drug-likeness (QED) is 0.618. The van der Waals surface area contributed by atoms with Gasteiger partial charge >= 0.3 is 0 Å². The zero-order valence-electron chi connectivity index (χ0n) is 10.2. The van der Waals surface area contributed by atoms with E-state index < -0.39 is 0 Å². The van der Waals surface area contributed by atoms with Crippen molar-refractivity contribution in [3.05, 3.63) is 30.1 Å². The lowest BCUT2D eigenvalue weighted by molar-refractivity contribution is 0.280. The Bertz CT molecular complexity index is 365. The predicted molar refractivity (Wildman–Crippen MR) is 67.9 cm³/mol. The molecule has 3 rings (SSSR count). The minimum atomic E-state index is 0.294. The monoisotopic (exact) mass is 231 g/mol. The maximum absolute atomic E-state index is 5.71. The minimum absolute atomic E-state index is 0.294. The maximum atomic E-state index is 5.71. The molecule has 4 atom stereocenters. The van der Waals surface area contributed by atoms with Crippen LogP contribution in [0.25, 0.3) is 0 Å². The molecule has 0 radical (unpaired) electrons. The van der Waals surface area contributed by atoms with Crippen molar-refractivity contribution in [2.45, 2.75) is 38.1 Å². The van der Waals surface area contributed by atoms with E-state index in [0.717, 1.165) is 17.8 Å². The molecule has 0 aromatic carbocycles. The molecule has 3 N–H and O–H groups in total. The van der Waals surface area contributed by atoms with Crippen LogP contribution in [-0.4, -0.2) is 4.98 Å². The second kappa shape index (κ2) is 4.75. The number of pyridine rings is 1. The Kier molecular flexibility index (Phi) is 3.12. The van der Waals surface area contributed by atoms with E-state index in [-0.39, 0.29) is 0 Å². The highest BCUT2D eigenvalue weighted by Gasteiger charge is 2.40. The molecule has 1 heterocycles. The van der Waals surface area contributed by atoms with Gasteiger partial charge in [0.2, 0.25) is 0 Å². The van der Waals surface area contributed by atoms with Crippen molar-refractivity contribution in [1.29, 1.82) is 0 Å². The highest BCUT2D eigenvalue weighted by molar-refractivity contribution is 5.15. The summed E-state index contributed by atoms with van der Waals surface area (Å²) in [4.78, 5) is 4.06. The van der Waals surface area contributed by atoms with E-state index in [1.807, 2.05) is 12.4 Å². The Labute approximate surface area is 103 Å². The summed E-state index contributed by atoms with van der Waals surface area (Å²) >= 11 is 0. The Hall–Kier alpha value is -0.930. The molecular formula is C14H21N3. The third-order valence-corrected chi connectivity index (χ3v) is 4.73. The van der Waals surface area contributed by atoms with Crippen LogP contribution in [-0.2, 0) is 0 Å². The Morgan fingerprint density at radius 3 is 2.71 bits per heavy atom. The zero-order chi connectivity index (χ0) is 11.7. The van der Waals surface area contributed by atoms with Gasteiger partial charge in [0, 0.05) is 18.4 Å². The first-order valence-corrected chi connectivity index (χ1v) is 6.73. The number of nitrogens with two attached hydrogens (primary N) is 1. The topological polar surface area (TPSA) is 50.9 Å². The number of aromatic nitrogens is 1. The van der Waals surface area contributed by atoms with E-state index in [4.69, 9.17) is 5.84 Å². The summed E-state index contributed by atoms with van der Waals surface area (Å²) in [6.07, 6.45) is 10.7. The fraction of sp³-hybridized carbons (Fsp3) is 0.643. The normalized spacial score (nSPS) is 32.9. The summed E-state index contributed by atoms with van der Waals surface area (Å²) in [7, 11) is 0. The van der Waals surface area contributed by atoms with Crippen LogP contribution in [0.1, 0.15) is 43.7 Å². The van der Waals surface area contributed by atoms with Crippen molar-refractivity contribution < 1.29 is 0 Å².